The summed E-state index contributed by atoms with van der Waals surface area (Å²) in [5, 5.41) is 0.720. The highest BCUT2D eigenvalue weighted by atomic mass is 35.5. The largest absolute Gasteiger partial charge is 0.450 e. The second kappa shape index (κ2) is 10.6. The van der Waals surface area contributed by atoms with Crippen LogP contribution >= 0.6 is 11.6 Å². The molecule has 3 aromatic rings. The molecule has 1 heterocycles. The number of rotatable bonds is 7. The number of ether oxygens (including phenoxy) is 1. The van der Waals surface area contributed by atoms with E-state index in [2.05, 4.69) is 65.6 Å². The molecule has 2 unspecified atom stereocenters. The molecule has 2 atom stereocenters. The monoisotopic (exact) mass is 448 g/mol. The number of likely N-dealkylation sites (tertiary alicyclic amines) is 1. The van der Waals surface area contributed by atoms with Gasteiger partial charge in [-0.1, -0.05) is 60.1 Å². The lowest BCUT2D eigenvalue weighted by molar-refractivity contribution is 0.114. The van der Waals surface area contributed by atoms with E-state index < -0.39 is 0 Å². The number of anilines is 2. The normalized spacial score (nSPS) is 17.9. The van der Waals surface area contributed by atoms with Crippen molar-refractivity contribution in [3.05, 3.63) is 95.5 Å². The predicted molar refractivity (Wildman–Crippen MR) is 131 cm³/mol. The molecular formula is C27H29ClN2O2. The van der Waals surface area contributed by atoms with Gasteiger partial charge in [0.25, 0.3) is 0 Å². The van der Waals surface area contributed by atoms with E-state index in [0.29, 0.717) is 31.5 Å². The van der Waals surface area contributed by atoms with E-state index >= 15 is 0 Å². The smallest absolute Gasteiger partial charge is 0.409 e. The van der Waals surface area contributed by atoms with Crippen molar-refractivity contribution in [1.29, 1.82) is 0 Å². The van der Waals surface area contributed by atoms with Gasteiger partial charge in [-0.2, -0.15) is 0 Å². The van der Waals surface area contributed by atoms with Crippen molar-refractivity contribution in [3.8, 4) is 0 Å². The summed E-state index contributed by atoms with van der Waals surface area (Å²) in [5.41, 5.74) is 3.52. The Balaban J connectivity index is 1.61. The summed E-state index contributed by atoms with van der Waals surface area (Å²) >= 11 is 6.15. The van der Waals surface area contributed by atoms with Crippen LogP contribution in [0.4, 0.5) is 16.2 Å². The number of nitrogens with zero attached hydrogens (tertiary/aromatic N) is 2. The first-order valence-corrected chi connectivity index (χ1v) is 11.6. The van der Waals surface area contributed by atoms with E-state index in [4.69, 9.17) is 16.3 Å². The van der Waals surface area contributed by atoms with Gasteiger partial charge in [0.15, 0.2) is 0 Å². The molecule has 0 aromatic heterocycles. The maximum atomic E-state index is 12.5. The number of benzene rings is 3. The summed E-state index contributed by atoms with van der Waals surface area (Å²) in [5.74, 6) is 0.649. The summed E-state index contributed by atoms with van der Waals surface area (Å²) in [6.45, 7) is 4.45. The Morgan fingerprint density at radius 3 is 2.16 bits per heavy atom. The summed E-state index contributed by atoms with van der Waals surface area (Å²) in [4.78, 5) is 16.7. The maximum absolute atomic E-state index is 12.5. The molecule has 166 valence electrons. The third kappa shape index (κ3) is 5.43. The predicted octanol–water partition coefficient (Wildman–Crippen LogP) is 6.43. The zero-order valence-corrected chi connectivity index (χ0v) is 19.1. The number of amides is 1. The van der Waals surface area contributed by atoms with Crippen molar-refractivity contribution in [3.63, 3.8) is 0 Å². The van der Waals surface area contributed by atoms with E-state index in [1.807, 2.05) is 36.1 Å². The molecule has 0 aliphatic carbocycles. The molecule has 32 heavy (non-hydrogen) atoms. The van der Waals surface area contributed by atoms with Gasteiger partial charge in [-0.15, -0.1) is 0 Å². The first-order chi connectivity index (χ1) is 15.6. The van der Waals surface area contributed by atoms with E-state index in [1.54, 1.807) is 0 Å². The number of para-hydroxylation sites is 1. The molecule has 0 spiro atoms. The van der Waals surface area contributed by atoms with Crippen LogP contribution in [0, 0.1) is 11.8 Å². The van der Waals surface area contributed by atoms with Crippen LogP contribution in [0.25, 0.3) is 0 Å². The minimum Gasteiger partial charge on any atom is -0.450 e. The molecule has 0 radical (unpaired) electrons. The van der Waals surface area contributed by atoms with Crippen molar-refractivity contribution in [2.45, 2.75) is 13.3 Å². The topological polar surface area (TPSA) is 32.8 Å². The molecule has 0 bridgehead atoms. The fourth-order valence-electron chi connectivity index (χ4n) is 4.48. The molecule has 1 aliphatic heterocycles. The number of hydrogen-bond donors (Lipinski definition) is 0. The average Bonchev–Trinajstić information content (AvgIpc) is 3.22. The fourth-order valence-corrected chi connectivity index (χ4v) is 4.61. The first kappa shape index (κ1) is 22.2. The minimum absolute atomic E-state index is 0.217. The lowest BCUT2D eigenvalue weighted by atomic mass is 9.89. The first-order valence-electron chi connectivity index (χ1n) is 11.2. The van der Waals surface area contributed by atoms with Crippen LogP contribution in [0.3, 0.4) is 0 Å². The Morgan fingerprint density at radius 2 is 1.50 bits per heavy atom. The Hall–Kier alpha value is -2.98. The van der Waals surface area contributed by atoms with Crippen molar-refractivity contribution in [1.82, 2.24) is 4.90 Å². The van der Waals surface area contributed by atoms with Crippen LogP contribution in [-0.4, -0.2) is 37.2 Å². The van der Waals surface area contributed by atoms with Gasteiger partial charge in [0.1, 0.15) is 0 Å². The van der Waals surface area contributed by atoms with Gasteiger partial charge in [0.2, 0.25) is 0 Å². The molecule has 3 aromatic carbocycles. The summed E-state index contributed by atoms with van der Waals surface area (Å²) in [7, 11) is 0. The Bertz CT molecular complexity index is 995. The maximum Gasteiger partial charge on any atom is 0.409 e. The molecule has 5 heteroatoms. The quantitative estimate of drug-likeness (QED) is 0.417. The van der Waals surface area contributed by atoms with Gasteiger partial charge in [-0.25, -0.2) is 4.79 Å². The van der Waals surface area contributed by atoms with Gasteiger partial charge in [0, 0.05) is 36.0 Å². The number of hydrogen-bond acceptors (Lipinski definition) is 3. The standard InChI is InChI=1S/C27H29ClN2O2/c1-2-32-27(31)29-18-22(17-21-9-5-3-6-10-21)23(19-29)20-30(25-11-7-4-8-12-25)26-15-13-24(28)14-16-26/h3-16,22-23H,2,17-20H2,1H3. The number of halogens is 1. The zero-order valence-electron chi connectivity index (χ0n) is 18.4. The molecule has 0 saturated carbocycles. The van der Waals surface area contributed by atoms with Crippen LogP contribution in [0.5, 0.6) is 0 Å². The SMILES string of the molecule is CCOC(=O)N1CC(Cc2ccccc2)C(CN(c2ccccc2)c2ccc(Cl)cc2)C1. The minimum atomic E-state index is -0.217. The van der Waals surface area contributed by atoms with Crippen molar-refractivity contribution in [2.75, 3.05) is 31.1 Å². The van der Waals surface area contributed by atoms with E-state index in [1.165, 1.54) is 5.56 Å². The van der Waals surface area contributed by atoms with E-state index in [9.17, 15) is 4.79 Å². The Morgan fingerprint density at radius 1 is 0.906 bits per heavy atom. The second-order valence-electron chi connectivity index (χ2n) is 8.24. The van der Waals surface area contributed by atoms with E-state index in [0.717, 1.165) is 29.4 Å². The van der Waals surface area contributed by atoms with Crippen LogP contribution in [0.15, 0.2) is 84.9 Å². The van der Waals surface area contributed by atoms with Gasteiger partial charge in [-0.3, -0.25) is 0 Å². The summed E-state index contributed by atoms with van der Waals surface area (Å²) in [6, 6.07) is 28.9. The van der Waals surface area contributed by atoms with Crippen LogP contribution in [0.2, 0.25) is 5.02 Å². The van der Waals surface area contributed by atoms with Crippen LogP contribution in [-0.2, 0) is 11.2 Å². The molecule has 4 nitrogen and oxygen atoms in total. The average molecular weight is 449 g/mol. The van der Waals surface area contributed by atoms with E-state index in [-0.39, 0.29) is 6.09 Å². The third-order valence-electron chi connectivity index (χ3n) is 6.07. The molecule has 1 fully saturated rings. The highest BCUT2D eigenvalue weighted by molar-refractivity contribution is 6.30. The van der Waals surface area contributed by atoms with Gasteiger partial charge >= 0.3 is 6.09 Å². The third-order valence-corrected chi connectivity index (χ3v) is 6.32. The number of carbonyl (C=O) groups is 1. The number of carbonyl (C=O) groups excluding carboxylic acids is 1. The Labute approximate surface area is 195 Å². The van der Waals surface area contributed by atoms with Gasteiger partial charge in [0.05, 0.1) is 6.61 Å². The summed E-state index contributed by atoms with van der Waals surface area (Å²) < 4.78 is 5.32. The Kier molecular flexibility index (Phi) is 7.33. The molecule has 1 saturated heterocycles. The zero-order chi connectivity index (χ0) is 22.3. The molecular weight excluding hydrogens is 420 g/mol. The molecule has 4 rings (SSSR count). The lowest BCUT2D eigenvalue weighted by Gasteiger charge is -2.30. The fraction of sp³-hybridized carbons (Fsp3) is 0.296. The van der Waals surface area contributed by atoms with Crippen molar-refractivity contribution >= 4 is 29.1 Å². The molecule has 1 amide bonds. The highest BCUT2D eigenvalue weighted by Gasteiger charge is 2.37. The van der Waals surface area contributed by atoms with Gasteiger partial charge < -0.3 is 14.5 Å². The van der Waals surface area contributed by atoms with Crippen LogP contribution in [0.1, 0.15) is 12.5 Å². The lowest BCUT2D eigenvalue weighted by Crippen LogP contribution is -2.32. The van der Waals surface area contributed by atoms with Gasteiger partial charge in [-0.05, 0) is 67.1 Å². The van der Waals surface area contributed by atoms with Crippen molar-refractivity contribution in [2.24, 2.45) is 11.8 Å². The summed E-state index contributed by atoms with van der Waals surface area (Å²) in [6.07, 6.45) is 0.718. The molecule has 1 aliphatic rings. The van der Waals surface area contributed by atoms with Crippen LogP contribution < -0.4 is 4.90 Å². The van der Waals surface area contributed by atoms with Crippen molar-refractivity contribution < 1.29 is 9.53 Å². The molecule has 0 N–H and O–H groups in total. The highest BCUT2D eigenvalue weighted by Crippen LogP contribution is 2.33. The second-order valence-corrected chi connectivity index (χ2v) is 8.67.